The number of carbonyl (C=O) groups excluding carboxylic acids is 2. The number of halogens is 1. The minimum atomic E-state index is -0.296. The summed E-state index contributed by atoms with van der Waals surface area (Å²) in [7, 11) is 0. The van der Waals surface area contributed by atoms with Gasteiger partial charge in [0.05, 0.1) is 6.04 Å². The number of urea groups is 1. The zero-order valence-electron chi connectivity index (χ0n) is 15.1. The molecule has 1 aliphatic rings. The number of anilines is 2. The first-order valence-corrected chi connectivity index (χ1v) is 9.34. The number of benzene rings is 2. The van der Waals surface area contributed by atoms with E-state index >= 15 is 0 Å². The second-order valence-corrected chi connectivity index (χ2v) is 7.65. The molecule has 0 saturated carbocycles. The fraction of sp³-hybridized carbons (Fsp3) is 0.300. The molecule has 26 heavy (non-hydrogen) atoms. The molecule has 2 N–H and O–H groups in total. The number of hydrogen-bond donors (Lipinski definition) is 2. The average Bonchev–Trinajstić information content (AvgIpc) is 2.93. The fourth-order valence-corrected chi connectivity index (χ4v) is 3.53. The second kappa shape index (κ2) is 7.50. The number of amides is 3. The van der Waals surface area contributed by atoms with Crippen molar-refractivity contribution >= 4 is 39.2 Å². The normalized spacial score (nSPS) is 16.7. The Morgan fingerprint density at radius 2 is 1.85 bits per heavy atom. The van der Waals surface area contributed by atoms with Crippen molar-refractivity contribution in [3.8, 4) is 0 Å². The van der Waals surface area contributed by atoms with Gasteiger partial charge in [-0.25, -0.2) is 4.79 Å². The van der Waals surface area contributed by atoms with Crippen LogP contribution in [-0.4, -0.2) is 24.5 Å². The molecule has 0 radical (unpaired) electrons. The molecule has 3 amide bonds. The maximum Gasteiger partial charge on any atom is 0.319 e. The van der Waals surface area contributed by atoms with Gasteiger partial charge in [0.25, 0.3) is 0 Å². The summed E-state index contributed by atoms with van der Waals surface area (Å²) in [5.74, 6) is 0.0263. The zero-order chi connectivity index (χ0) is 18.8. The van der Waals surface area contributed by atoms with E-state index in [4.69, 9.17) is 0 Å². The SMILES string of the molecule is Cc1ccc(N2C[C@H](NC(=O)Nc3ccc(Br)cc3C)CC2=O)cc1C. The monoisotopic (exact) mass is 415 g/mol. The number of aryl methyl sites for hydroxylation is 3. The van der Waals surface area contributed by atoms with Gasteiger partial charge in [0.1, 0.15) is 0 Å². The lowest BCUT2D eigenvalue weighted by atomic mass is 10.1. The second-order valence-electron chi connectivity index (χ2n) is 6.73. The molecule has 0 aromatic heterocycles. The van der Waals surface area contributed by atoms with Crippen LogP contribution in [0.4, 0.5) is 16.2 Å². The van der Waals surface area contributed by atoms with E-state index in [1.807, 2.05) is 57.2 Å². The number of carbonyl (C=O) groups is 2. The average molecular weight is 416 g/mol. The molecule has 136 valence electrons. The van der Waals surface area contributed by atoms with Crippen LogP contribution in [0.25, 0.3) is 0 Å². The van der Waals surface area contributed by atoms with Gasteiger partial charge in [-0.2, -0.15) is 0 Å². The van der Waals surface area contributed by atoms with E-state index in [-0.39, 0.29) is 18.0 Å². The van der Waals surface area contributed by atoms with Crippen molar-refractivity contribution in [2.24, 2.45) is 0 Å². The van der Waals surface area contributed by atoms with E-state index in [2.05, 4.69) is 26.6 Å². The molecule has 1 aliphatic heterocycles. The van der Waals surface area contributed by atoms with E-state index in [1.54, 1.807) is 4.90 Å². The molecule has 6 heteroatoms. The minimum Gasteiger partial charge on any atom is -0.333 e. The van der Waals surface area contributed by atoms with Gasteiger partial charge < -0.3 is 15.5 Å². The van der Waals surface area contributed by atoms with Crippen molar-refractivity contribution in [2.45, 2.75) is 33.2 Å². The van der Waals surface area contributed by atoms with Gasteiger partial charge in [-0.1, -0.05) is 22.0 Å². The van der Waals surface area contributed by atoms with E-state index in [1.165, 1.54) is 5.56 Å². The van der Waals surface area contributed by atoms with Crippen LogP contribution in [-0.2, 0) is 4.79 Å². The smallest absolute Gasteiger partial charge is 0.319 e. The third-order valence-electron chi connectivity index (χ3n) is 4.70. The number of nitrogens with zero attached hydrogens (tertiary/aromatic N) is 1. The Labute approximate surface area is 161 Å². The lowest BCUT2D eigenvalue weighted by Crippen LogP contribution is -2.39. The molecule has 0 spiro atoms. The Bertz CT molecular complexity index is 866. The van der Waals surface area contributed by atoms with Crippen molar-refractivity contribution in [2.75, 3.05) is 16.8 Å². The zero-order valence-corrected chi connectivity index (χ0v) is 16.7. The van der Waals surface area contributed by atoms with Gasteiger partial charge in [0, 0.05) is 28.8 Å². The lowest BCUT2D eigenvalue weighted by Gasteiger charge is -2.19. The maximum absolute atomic E-state index is 12.4. The summed E-state index contributed by atoms with van der Waals surface area (Å²) in [6, 6.07) is 11.1. The van der Waals surface area contributed by atoms with E-state index in [0.29, 0.717) is 13.0 Å². The van der Waals surface area contributed by atoms with Crippen LogP contribution in [0.5, 0.6) is 0 Å². The third kappa shape index (κ3) is 4.07. The molecule has 1 atom stereocenters. The van der Waals surface area contributed by atoms with Gasteiger partial charge in [0.2, 0.25) is 5.91 Å². The third-order valence-corrected chi connectivity index (χ3v) is 5.19. The first kappa shape index (κ1) is 18.5. The first-order valence-electron chi connectivity index (χ1n) is 8.55. The molecule has 2 aromatic rings. The first-order chi connectivity index (χ1) is 12.3. The van der Waals surface area contributed by atoms with E-state index < -0.39 is 0 Å². The number of hydrogen-bond acceptors (Lipinski definition) is 2. The molecule has 0 bridgehead atoms. The molecule has 3 rings (SSSR count). The van der Waals surface area contributed by atoms with Crippen LogP contribution >= 0.6 is 15.9 Å². The Morgan fingerprint density at radius 3 is 2.54 bits per heavy atom. The fourth-order valence-electron chi connectivity index (χ4n) is 3.06. The highest BCUT2D eigenvalue weighted by Crippen LogP contribution is 2.24. The molecule has 0 unspecified atom stereocenters. The Balaban J connectivity index is 1.63. The predicted octanol–water partition coefficient (Wildman–Crippen LogP) is 4.30. The van der Waals surface area contributed by atoms with E-state index in [9.17, 15) is 9.59 Å². The van der Waals surface area contributed by atoms with Crippen molar-refractivity contribution in [1.82, 2.24) is 5.32 Å². The molecule has 1 saturated heterocycles. The topological polar surface area (TPSA) is 61.4 Å². The van der Waals surface area contributed by atoms with Gasteiger partial charge in [-0.05, 0) is 67.8 Å². The number of rotatable bonds is 3. The van der Waals surface area contributed by atoms with Crippen molar-refractivity contribution in [1.29, 1.82) is 0 Å². The predicted molar refractivity (Wildman–Crippen MR) is 108 cm³/mol. The largest absolute Gasteiger partial charge is 0.333 e. The highest BCUT2D eigenvalue weighted by atomic mass is 79.9. The van der Waals surface area contributed by atoms with Crippen LogP contribution in [0.15, 0.2) is 40.9 Å². The number of nitrogens with one attached hydrogen (secondary N) is 2. The quantitative estimate of drug-likeness (QED) is 0.784. The summed E-state index contributed by atoms with van der Waals surface area (Å²) in [5.41, 5.74) is 4.94. The van der Waals surface area contributed by atoms with Crippen LogP contribution in [0, 0.1) is 20.8 Å². The summed E-state index contributed by atoms with van der Waals surface area (Å²) in [4.78, 5) is 26.4. The molecule has 2 aromatic carbocycles. The Kier molecular flexibility index (Phi) is 5.32. The standard InChI is InChI=1S/C20H22BrN3O2/c1-12-4-6-17(9-13(12)2)24-11-16(10-19(24)25)22-20(26)23-18-7-5-15(21)8-14(18)3/h4-9,16H,10-11H2,1-3H3,(H2,22,23,26)/t16-/m1/s1. The Morgan fingerprint density at radius 1 is 1.08 bits per heavy atom. The summed E-state index contributed by atoms with van der Waals surface area (Å²) < 4.78 is 0.964. The highest BCUT2D eigenvalue weighted by molar-refractivity contribution is 9.10. The summed E-state index contributed by atoms with van der Waals surface area (Å²) in [5, 5.41) is 5.75. The molecule has 1 heterocycles. The molecule has 1 fully saturated rings. The van der Waals surface area contributed by atoms with Crippen LogP contribution in [0.1, 0.15) is 23.1 Å². The molecule has 0 aliphatic carbocycles. The highest BCUT2D eigenvalue weighted by Gasteiger charge is 2.31. The van der Waals surface area contributed by atoms with Gasteiger partial charge in [-0.3, -0.25) is 4.79 Å². The lowest BCUT2D eigenvalue weighted by molar-refractivity contribution is -0.117. The van der Waals surface area contributed by atoms with Crippen LogP contribution < -0.4 is 15.5 Å². The van der Waals surface area contributed by atoms with Crippen molar-refractivity contribution in [3.63, 3.8) is 0 Å². The molecular weight excluding hydrogens is 394 g/mol. The maximum atomic E-state index is 12.4. The summed E-state index contributed by atoms with van der Waals surface area (Å²) in [6.07, 6.45) is 0.305. The van der Waals surface area contributed by atoms with Crippen LogP contribution in [0.2, 0.25) is 0 Å². The Hall–Kier alpha value is -2.34. The van der Waals surface area contributed by atoms with Gasteiger partial charge in [-0.15, -0.1) is 0 Å². The minimum absolute atomic E-state index is 0.0263. The van der Waals surface area contributed by atoms with Gasteiger partial charge in [0.15, 0.2) is 0 Å². The molecular formula is C20H22BrN3O2. The van der Waals surface area contributed by atoms with Crippen LogP contribution in [0.3, 0.4) is 0 Å². The van der Waals surface area contributed by atoms with Crippen molar-refractivity contribution < 1.29 is 9.59 Å². The van der Waals surface area contributed by atoms with Crippen molar-refractivity contribution in [3.05, 3.63) is 57.6 Å². The van der Waals surface area contributed by atoms with Gasteiger partial charge >= 0.3 is 6.03 Å². The molecule has 5 nitrogen and oxygen atoms in total. The summed E-state index contributed by atoms with van der Waals surface area (Å²) >= 11 is 3.41. The summed E-state index contributed by atoms with van der Waals surface area (Å²) in [6.45, 7) is 6.49. The van der Waals surface area contributed by atoms with E-state index in [0.717, 1.165) is 27.0 Å².